The third-order valence-electron chi connectivity index (χ3n) is 5.08. The summed E-state index contributed by atoms with van der Waals surface area (Å²) in [6.45, 7) is -0.468. The van der Waals surface area contributed by atoms with E-state index in [4.69, 9.17) is 4.74 Å². The van der Waals surface area contributed by atoms with Crippen LogP contribution in [0.1, 0.15) is 16.2 Å². The predicted molar refractivity (Wildman–Crippen MR) is 127 cm³/mol. The summed E-state index contributed by atoms with van der Waals surface area (Å²) in [7, 11) is 0. The van der Waals surface area contributed by atoms with E-state index in [1.54, 1.807) is 18.2 Å². The predicted octanol–water partition coefficient (Wildman–Crippen LogP) is 5.49. The monoisotopic (exact) mass is 452 g/mol. The fraction of sp³-hybridized carbons (Fsp3) is 0.0400. The Kier molecular flexibility index (Phi) is 5.30. The smallest absolute Gasteiger partial charge is 0.339 e. The number of thiophene rings is 1. The zero-order valence-electron chi connectivity index (χ0n) is 17.1. The van der Waals surface area contributed by atoms with Gasteiger partial charge < -0.3 is 14.8 Å². The van der Waals surface area contributed by atoms with Crippen LogP contribution in [0.15, 0.2) is 77.9 Å². The van der Waals surface area contributed by atoms with Crippen LogP contribution < -0.4 is 0 Å². The molecule has 0 amide bonds. The zero-order chi connectivity index (χ0) is 22.8. The quantitative estimate of drug-likeness (QED) is 0.207. The number of benzene rings is 2. The van der Waals surface area contributed by atoms with Gasteiger partial charge in [0.2, 0.25) is 0 Å². The summed E-state index contributed by atoms with van der Waals surface area (Å²) in [5, 5.41) is 22.7. The second kappa shape index (κ2) is 8.57. The minimum atomic E-state index is -0.625. The van der Waals surface area contributed by atoms with Crippen LogP contribution in [0.4, 0.5) is 0 Å². The summed E-state index contributed by atoms with van der Waals surface area (Å²) in [5.74, 6) is -0.803. The van der Waals surface area contributed by atoms with Crippen LogP contribution in [-0.4, -0.2) is 32.6 Å². The van der Waals surface area contributed by atoms with Crippen molar-refractivity contribution in [3.05, 3.63) is 89.3 Å². The van der Waals surface area contributed by atoms with Gasteiger partial charge in [-0.1, -0.05) is 36.4 Å². The van der Waals surface area contributed by atoms with E-state index in [0.29, 0.717) is 27.7 Å². The molecule has 2 aromatic carbocycles. The molecular formula is C25H16N4O3S. The number of fused-ring (bicyclic) bond motifs is 2. The van der Waals surface area contributed by atoms with Crippen LogP contribution in [0, 0.1) is 11.3 Å². The highest BCUT2D eigenvalue weighted by atomic mass is 32.1. The molecule has 8 heteroatoms. The fourth-order valence-electron chi connectivity index (χ4n) is 3.50. The molecule has 0 saturated heterocycles. The van der Waals surface area contributed by atoms with Gasteiger partial charge in [-0.2, -0.15) is 5.26 Å². The first kappa shape index (κ1) is 20.4. The minimum absolute atomic E-state index is 0.0853. The topological polar surface area (TPSA) is 112 Å². The lowest BCUT2D eigenvalue weighted by Gasteiger charge is -2.10. The summed E-state index contributed by atoms with van der Waals surface area (Å²) >= 11 is 1.52. The van der Waals surface area contributed by atoms with Crippen LogP contribution in [0.2, 0.25) is 0 Å². The van der Waals surface area contributed by atoms with Crippen molar-refractivity contribution < 1.29 is 14.6 Å². The molecule has 160 valence electrons. The lowest BCUT2D eigenvalue weighted by molar-refractivity contribution is 0.0505. The number of nitrogens with one attached hydrogen (secondary N) is 1. The highest BCUT2D eigenvalue weighted by Crippen LogP contribution is 2.28. The average molecular weight is 452 g/mol. The van der Waals surface area contributed by atoms with Crippen molar-refractivity contribution in [1.82, 2.24) is 15.0 Å². The number of esters is 1. The summed E-state index contributed by atoms with van der Waals surface area (Å²) in [6.07, 6.45) is 0. The van der Waals surface area contributed by atoms with Crippen molar-refractivity contribution in [1.29, 1.82) is 5.26 Å². The van der Waals surface area contributed by atoms with Gasteiger partial charge >= 0.3 is 5.97 Å². The Morgan fingerprint density at radius 3 is 2.61 bits per heavy atom. The van der Waals surface area contributed by atoms with Gasteiger partial charge in [-0.05, 0) is 35.7 Å². The number of hydrogen-bond donors (Lipinski definition) is 2. The first-order valence-electron chi connectivity index (χ1n) is 10.0. The lowest BCUT2D eigenvalue weighted by Crippen LogP contribution is -2.10. The van der Waals surface area contributed by atoms with Crippen LogP contribution in [0.5, 0.6) is 0 Å². The number of allylic oxidation sites excluding steroid dienone is 1. The Morgan fingerprint density at radius 2 is 1.85 bits per heavy atom. The third-order valence-corrected chi connectivity index (χ3v) is 5.97. The molecule has 0 radical (unpaired) electrons. The molecular weight excluding hydrogens is 436 g/mol. The van der Waals surface area contributed by atoms with E-state index in [2.05, 4.69) is 15.0 Å². The van der Waals surface area contributed by atoms with Gasteiger partial charge in [0.15, 0.2) is 11.6 Å². The lowest BCUT2D eigenvalue weighted by atomic mass is 10.1. The van der Waals surface area contributed by atoms with Crippen LogP contribution >= 0.6 is 11.3 Å². The standard InChI is InChI=1S/C25H16N4O3S/c26-13-17(24-28-19-8-3-4-9-20(19)29-24)22(30)14-32-25(31)16-12-21(23-10-5-11-33-23)27-18-7-2-1-6-15(16)18/h1-12,30H,14H2,(H,28,29). The second-order valence-corrected chi connectivity index (χ2v) is 8.11. The van der Waals surface area contributed by atoms with Crippen molar-refractivity contribution in [3.63, 3.8) is 0 Å². The Hall–Kier alpha value is -4.48. The van der Waals surface area contributed by atoms with Crippen LogP contribution in [0.3, 0.4) is 0 Å². The molecule has 5 aromatic rings. The van der Waals surface area contributed by atoms with E-state index in [1.807, 2.05) is 60.0 Å². The van der Waals surface area contributed by atoms with Gasteiger partial charge in [-0.25, -0.2) is 14.8 Å². The molecule has 3 heterocycles. The number of aromatic amines is 1. The van der Waals surface area contributed by atoms with Crippen molar-refractivity contribution in [2.24, 2.45) is 0 Å². The van der Waals surface area contributed by atoms with Crippen molar-refractivity contribution in [3.8, 4) is 16.6 Å². The molecule has 0 aliphatic carbocycles. The summed E-state index contributed by atoms with van der Waals surface area (Å²) < 4.78 is 5.38. The molecule has 5 rings (SSSR count). The fourth-order valence-corrected chi connectivity index (χ4v) is 4.19. The number of pyridine rings is 1. The largest absolute Gasteiger partial charge is 0.507 e. The number of carbonyl (C=O) groups excluding carboxylic acids is 1. The second-order valence-electron chi connectivity index (χ2n) is 7.16. The van der Waals surface area contributed by atoms with E-state index in [1.165, 1.54) is 11.3 Å². The molecule has 0 fully saturated rings. The SMILES string of the molecule is N#CC(=C(O)COC(=O)c1cc(-c2cccs2)nc2ccccc12)c1nc2ccccc2[nH]1. The van der Waals surface area contributed by atoms with E-state index in [-0.39, 0.29) is 17.2 Å². The van der Waals surface area contributed by atoms with Gasteiger partial charge in [0.25, 0.3) is 0 Å². The highest BCUT2D eigenvalue weighted by molar-refractivity contribution is 7.13. The first-order valence-corrected chi connectivity index (χ1v) is 10.9. The number of carbonyl (C=O) groups is 1. The molecule has 0 aliphatic rings. The molecule has 0 saturated carbocycles. The number of hydrogen-bond acceptors (Lipinski definition) is 7. The maximum atomic E-state index is 13.0. The molecule has 7 nitrogen and oxygen atoms in total. The first-order chi connectivity index (χ1) is 16.1. The number of aliphatic hydroxyl groups is 1. The minimum Gasteiger partial charge on any atom is -0.507 e. The number of aliphatic hydroxyl groups excluding tert-OH is 1. The molecule has 0 spiro atoms. The number of rotatable bonds is 5. The van der Waals surface area contributed by atoms with Gasteiger partial charge in [0, 0.05) is 5.39 Å². The number of para-hydroxylation sites is 3. The van der Waals surface area contributed by atoms with Gasteiger partial charge in [-0.15, -0.1) is 11.3 Å². The Balaban J connectivity index is 1.45. The normalized spacial score (nSPS) is 11.8. The summed E-state index contributed by atoms with van der Waals surface area (Å²) in [4.78, 5) is 25.9. The maximum Gasteiger partial charge on any atom is 0.339 e. The Morgan fingerprint density at radius 1 is 1.06 bits per heavy atom. The maximum absolute atomic E-state index is 13.0. The van der Waals surface area contributed by atoms with Crippen LogP contribution in [0.25, 0.3) is 38.1 Å². The van der Waals surface area contributed by atoms with Crippen LogP contribution in [-0.2, 0) is 4.74 Å². The average Bonchev–Trinajstić information content (AvgIpc) is 3.52. The number of nitriles is 1. The molecule has 33 heavy (non-hydrogen) atoms. The van der Waals surface area contributed by atoms with E-state index in [0.717, 1.165) is 10.4 Å². The van der Waals surface area contributed by atoms with Crippen molar-refractivity contribution in [2.45, 2.75) is 0 Å². The number of aromatic nitrogens is 3. The molecule has 0 atom stereocenters. The molecule has 0 aliphatic heterocycles. The number of imidazole rings is 1. The van der Waals surface area contributed by atoms with E-state index >= 15 is 0 Å². The van der Waals surface area contributed by atoms with E-state index < -0.39 is 12.6 Å². The van der Waals surface area contributed by atoms with Gasteiger partial charge in [-0.3, -0.25) is 0 Å². The summed E-state index contributed by atoms with van der Waals surface area (Å²) in [5.41, 5.74) is 2.96. The number of ether oxygens (including phenoxy) is 1. The third kappa shape index (κ3) is 3.93. The zero-order valence-corrected chi connectivity index (χ0v) is 18.0. The highest BCUT2D eigenvalue weighted by Gasteiger charge is 2.18. The van der Waals surface area contributed by atoms with Gasteiger partial charge in [0.1, 0.15) is 18.2 Å². The Bertz CT molecular complexity index is 1530. The number of nitrogens with zero attached hydrogens (tertiary/aromatic N) is 3. The van der Waals surface area contributed by atoms with Crippen molar-refractivity contribution >= 4 is 44.8 Å². The Labute approximate surface area is 192 Å². The van der Waals surface area contributed by atoms with Gasteiger partial charge in [0.05, 0.1) is 32.7 Å². The molecule has 2 N–H and O–H groups in total. The number of H-pyrrole nitrogens is 1. The summed E-state index contributed by atoms with van der Waals surface area (Å²) in [6, 6.07) is 22.0. The molecule has 0 bridgehead atoms. The molecule has 0 unspecified atom stereocenters. The van der Waals surface area contributed by atoms with Crippen molar-refractivity contribution in [2.75, 3.05) is 6.61 Å². The van der Waals surface area contributed by atoms with E-state index in [9.17, 15) is 15.2 Å². The molecule has 3 aromatic heterocycles.